The zero-order chi connectivity index (χ0) is 18.0. The summed E-state index contributed by atoms with van der Waals surface area (Å²) in [6, 6.07) is 7.17. The van der Waals surface area contributed by atoms with Gasteiger partial charge in [-0.2, -0.15) is 13.2 Å². The Balaban J connectivity index is 1.68. The Kier molecular flexibility index (Phi) is 4.99. The zero-order valence-electron chi connectivity index (χ0n) is 13.6. The van der Waals surface area contributed by atoms with Crippen LogP contribution in [0.1, 0.15) is 35.1 Å². The van der Waals surface area contributed by atoms with Gasteiger partial charge in [0.25, 0.3) is 5.91 Å². The average molecular weight is 369 g/mol. The van der Waals surface area contributed by atoms with E-state index < -0.39 is 22.7 Å². The summed E-state index contributed by atoms with van der Waals surface area (Å²) in [5, 5.41) is 2.51. The molecule has 1 fully saturated rings. The molecule has 25 heavy (non-hydrogen) atoms. The molecule has 1 saturated heterocycles. The standard InChI is InChI=1S/C17H18F3N3OS/c1-11-6-8-23(9-7-11)13-4-2-12(3-5-13)22-16(24)14-15(17(18,19)20)21-10-25-14/h2-5,10-11H,6-9H2,1H3,(H,22,24). The molecule has 0 radical (unpaired) electrons. The number of hydrogen-bond acceptors (Lipinski definition) is 4. The van der Waals surface area contributed by atoms with Crippen molar-refractivity contribution in [2.45, 2.75) is 25.9 Å². The van der Waals surface area contributed by atoms with Crippen LogP contribution in [0, 0.1) is 5.92 Å². The van der Waals surface area contributed by atoms with Crippen molar-refractivity contribution in [3.8, 4) is 0 Å². The van der Waals surface area contributed by atoms with E-state index in [4.69, 9.17) is 0 Å². The number of nitrogens with one attached hydrogen (secondary N) is 1. The van der Waals surface area contributed by atoms with Gasteiger partial charge in [0.15, 0.2) is 5.69 Å². The first kappa shape index (κ1) is 17.7. The molecule has 1 amide bonds. The van der Waals surface area contributed by atoms with E-state index in [1.54, 1.807) is 12.1 Å². The molecule has 1 N–H and O–H groups in total. The molecule has 1 aromatic carbocycles. The number of carbonyl (C=O) groups excluding carboxylic acids is 1. The van der Waals surface area contributed by atoms with Gasteiger partial charge >= 0.3 is 6.18 Å². The van der Waals surface area contributed by atoms with Crippen LogP contribution in [0.25, 0.3) is 0 Å². The lowest BCUT2D eigenvalue weighted by Crippen LogP contribution is -2.32. The highest BCUT2D eigenvalue weighted by atomic mass is 32.1. The van der Waals surface area contributed by atoms with Crippen LogP contribution in [-0.2, 0) is 6.18 Å². The van der Waals surface area contributed by atoms with Crippen LogP contribution in [0.4, 0.5) is 24.5 Å². The van der Waals surface area contributed by atoms with Gasteiger partial charge in [-0.3, -0.25) is 4.79 Å². The second-order valence-electron chi connectivity index (χ2n) is 6.20. The molecule has 4 nitrogen and oxygen atoms in total. The molecule has 3 rings (SSSR count). The fraction of sp³-hybridized carbons (Fsp3) is 0.412. The predicted molar refractivity (Wildman–Crippen MR) is 92.1 cm³/mol. The first-order valence-corrected chi connectivity index (χ1v) is 8.89. The molecule has 1 aromatic heterocycles. The topological polar surface area (TPSA) is 45.2 Å². The van der Waals surface area contributed by atoms with E-state index in [0.717, 1.165) is 43.0 Å². The highest BCUT2D eigenvalue weighted by Crippen LogP contribution is 2.33. The number of aromatic nitrogens is 1. The number of rotatable bonds is 3. The highest BCUT2D eigenvalue weighted by molar-refractivity contribution is 7.12. The third-order valence-corrected chi connectivity index (χ3v) is 5.14. The first-order valence-electron chi connectivity index (χ1n) is 8.01. The van der Waals surface area contributed by atoms with Crippen LogP contribution in [0.3, 0.4) is 0 Å². The quantitative estimate of drug-likeness (QED) is 0.857. The van der Waals surface area contributed by atoms with E-state index in [9.17, 15) is 18.0 Å². The Morgan fingerprint density at radius 1 is 1.24 bits per heavy atom. The maximum absolute atomic E-state index is 12.8. The second kappa shape index (κ2) is 7.03. The third-order valence-electron chi connectivity index (χ3n) is 4.32. The summed E-state index contributed by atoms with van der Waals surface area (Å²) in [5.41, 5.74) is 1.39. The summed E-state index contributed by atoms with van der Waals surface area (Å²) in [5.74, 6) is -0.0635. The molecular weight excluding hydrogens is 351 g/mol. The zero-order valence-corrected chi connectivity index (χ0v) is 14.5. The molecule has 8 heteroatoms. The van der Waals surface area contributed by atoms with Crippen molar-refractivity contribution in [3.05, 3.63) is 40.3 Å². The van der Waals surface area contributed by atoms with Crippen LogP contribution in [-0.4, -0.2) is 24.0 Å². The minimum absolute atomic E-state index is 0.429. The Bertz CT molecular complexity index is 734. The average Bonchev–Trinajstić information content (AvgIpc) is 3.06. The molecule has 134 valence electrons. The van der Waals surface area contributed by atoms with Crippen molar-refractivity contribution < 1.29 is 18.0 Å². The Morgan fingerprint density at radius 3 is 2.48 bits per heavy atom. The maximum Gasteiger partial charge on any atom is 0.434 e. The molecule has 1 aliphatic heterocycles. The summed E-state index contributed by atoms with van der Waals surface area (Å²) < 4.78 is 38.5. The molecule has 2 heterocycles. The van der Waals surface area contributed by atoms with Gasteiger partial charge in [0.2, 0.25) is 0 Å². The minimum atomic E-state index is -4.64. The number of benzene rings is 1. The van der Waals surface area contributed by atoms with Gasteiger partial charge in [-0.1, -0.05) is 6.92 Å². The monoisotopic (exact) mass is 369 g/mol. The second-order valence-corrected chi connectivity index (χ2v) is 7.05. The first-order chi connectivity index (χ1) is 11.8. The van der Waals surface area contributed by atoms with Crippen LogP contribution in [0.5, 0.6) is 0 Å². The number of alkyl halides is 3. The van der Waals surface area contributed by atoms with Gasteiger partial charge < -0.3 is 10.2 Å². The molecule has 0 atom stereocenters. The SMILES string of the molecule is CC1CCN(c2ccc(NC(=O)c3scnc3C(F)(F)F)cc2)CC1. The van der Waals surface area contributed by atoms with Crippen molar-refractivity contribution in [2.24, 2.45) is 5.92 Å². The highest BCUT2D eigenvalue weighted by Gasteiger charge is 2.38. The molecular formula is C17H18F3N3OS. The lowest BCUT2D eigenvalue weighted by atomic mass is 9.99. The molecule has 0 bridgehead atoms. The minimum Gasteiger partial charge on any atom is -0.372 e. The van der Waals surface area contributed by atoms with Crippen molar-refractivity contribution in [1.29, 1.82) is 0 Å². The van der Waals surface area contributed by atoms with Crippen molar-refractivity contribution >= 4 is 28.6 Å². The fourth-order valence-corrected chi connectivity index (χ4v) is 3.52. The summed E-state index contributed by atoms with van der Waals surface area (Å²) in [7, 11) is 0. The maximum atomic E-state index is 12.8. The van der Waals surface area contributed by atoms with E-state index in [1.165, 1.54) is 0 Å². The van der Waals surface area contributed by atoms with Crippen LogP contribution in [0.15, 0.2) is 29.8 Å². The predicted octanol–water partition coefficient (Wildman–Crippen LogP) is 4.65. The Hall–Kier alpha value is -2.09. The molecule has 0 spiro atoms. The number of hydrogen-bond donors (Lipinski definition) is 1. The Labute approximate surface area is 147 Å². The normalized spacial score (nSPS) is 16.1. The van der Waals surface area contributed by atoms with Gasteiger partial charge in [-0.05, 0) is 43.0 Å². The largest absolute Gasteiger partial charge is 0.434 e. The third kappa shape index (κ3) is 4.12. The van der Waals surface area contributed by atoms with Crippen LogP contribution < -0.4 is 10.2 Å². The van der Waals surface area contributed by atoms with Gasteiger partial charge in [0, 0.05) is 24.5 Å². The van der Waals surface area contributed by atoms with Crippen LogP contribution >= 0.6 is 11.3 Å². The van der Waals surface area contributed by atoms with Gasteiger partial charge in [0.05, 0.1) is 5.51 Å². The number of nitrogens with zero attached hydrogens (tertiary/aromatic N) is 2. The summed E-state index contributed by atoms with van der Waals surface area (Å²) >= 11 is 0.678. The Morgan fingerprint density at radius 2 is 1.88 bits per heavy atom. The van der Waals surface area contributed by atoms with Crippen molar-refractivity contribution in [2.75, 3.05) is 23.3 Å². The summed E-state index contributed by atoms with van der Waals surface area (Å²) in [4.78, 5) is 17.2. The molecule has 0 saturated carbocycles. The van der Waals surface area contributed by atoms with Crippen LogP contribution in [0.2, 0.25) is 0 Å². The number of halogens is 3. The van der Waals surface area contributed by atoms with Crippen molar-refractivity contribution in [1.82, 2.24) is 4.98 Å². The lowest BCUT2D eigenvalue weighted by Gasteiger charge is -2.32. The molecule has 0 unspecified atom stereocenters. The summed E-state index contributed by atoms with van der Waals surface area (Å²) in [6.45, 7) is 4.22. The molecule has 2 aromatic rings. The molecule has 1 aliphatic rings. The smallest absolute Gasteiger partial charge is 0.372 e. The van der Waals surface area contributed by atoms with E-state index in [1.807, 2.05) is 12.1 Å². The summed E-state index contributed by atoms with van der Waals surface area (Å²) in [6.07, 6.45) is -2.35. The number of thiazole rings is 1. The van der Waals surface area contributed by atoms with E-state index in [2.05, 4.69) is 22.1 Å². The fourth-order valence-electron chi connectivity index (χ4n) is 2.82. The lowest BCUT2D eigenvalue weighted by molar-refractivity contribution is -0.141. The number of anilines is 2. The van der Waals surface area contributed by atoms with Gasteiger partial charge in [-0.15, -0.1) is 11.3 Å². The van der Waals surface area contributed by atoms with Crippen molar-refractivity contribution in [3.63, 3.8) is 0 Å². The number of carbonyl (C=O) groups is 1. The number of amides is 1. The van der Waals surface area contributed by atoms with Gasteiger partial charge in [-0.25, -0.2) is 4.98 Å². The molecule has 0 aliphatic carbocycles. The van der Waals surface area contributed by atoms with Gasteiger partial charge in [0.1, 0.15) is 4.88 Å². The van der Waals surface area contributed by atoms with E-state index in [-0.39, 0.29) is 0 Å². The number of piperidine rings is 1. The van der Waals surface area contributed by atoms with E-state index in [0.29, 0.717) is 17.0 Å². The van der Waals surface area contributed by atoms with E-state index >= 15 is 0 Å².